The summed E-state index contributed by atoms with van der Waals surface area (Å²) in [6.45, 7) is 3.71. The first-order chi connectivity index (χ1) is 9.98. The maximum absolute atomic E-state index is 11.4. The number of carbonyl (C=O) groups is 1. The Bertz CT molecular complexity index is 609. The third-order valence-corrected chi connectivity index (χ3v) is 3.90. The Labute approximate surface area is 124 Å². The van der Waals surface area contributed by atoms with Crippen molar-refractivity contribution in [1.29, 1.82) is 0 Å². The van der Waals surface area contributed by atoms with Crippen LogP contribution in [0.15, 0.2) is 42.7 Å². The lowest BCUT2D eigenvalue weighted by molar-refractivity contribution is -0.144. The number of imidazole rings is 1. The zero-order chi connectivity index (χ0) is 15.5. The number of aromatic nitrogens is 2. The first-order valence-corrected chi connectivity index (χ1v) is 6.98. The quantitative estimate of drug-likeness (QED) is 0.857. The Kier molecular flexibility index (Phi) is 4.43. The molecule has 0 aliphatic carbocycles. The standard InChI is InChI=1S/C16H21N3O2/c1-12(11-16(2,17-3)15(20)21)19-10-9-18-14(19)13-7-5-4-6-8-13/h4-10,12,17H,11H2,1-3H3,(H,20,21). The van der Waals surface area contributed by atoms with E-state index in [1.165, 1.54) is 0 Å². The number of nitrogens with one attached hydrogen (secondary N) is 1. The largest absolute Gasteiger partial charge is 0.480 e. The molecule has 0 aliphatic rings. The van der Waals surface area contributed by atoms with Crippen molar-refractivity contribution in [2.45, 2.75) is 31.8 Å². The van der Waals surface area contributed by atoms with Gasteiger partial charge in [0.05, 0.1) is 0 Å². The van der Waals surface area contributed by atoms with Crippen LogP contribution in [-0.4, -0.2) is 33.2 Å². The van der Waals surface area contributed by atoms with Gasteiger partial charge in [0.2, 0.25) is 0 Å². The lowest BCUT2D eigenvalue weighted by Gasteiger charge is -2.28. The van der Waals surface area contributed by atoms with Gasteiger partial charge in [-0.05, 0) is 27.3 Å². The molecule has 2 unspecified atom stereocenters. The molecule has 0 spiro atoms. The lowest BCUT2D eigenvalue weighted by atomic mass is 9.93. The SMILES string of the molecule is CNC(C)(CC(C)n1ccnc1-c1ccccc1)C(=O)O. The Hall–Kier alpha value is -2.14. The predicted octanol–water partition coefficient (Wildman–Crippen LogP) is 2.56. The van der Waals surface area contributed by atoms with Crippen LogP contribution in [0.2, 0.25) is 0 Å². The molecule has 0 amide bonds. The molecule has 0 saturated heterocycles. The highest BCUT2D eigenvalue weighted by Gasteiger charge is 2.33. The Balaban J connectivity index is 2.28. The molecule has 5 heteroatoms. The van der Waals surface area contributed by atoms with Gasteiger partial charge in [0, 0.05) is 24.0 Å². The van der Waals surface area contributed by atoms with Gasteiger partial charge in [-0.15, -0.1) is 0 Å². The van der Waals surface area contributed by atoms with Gasteiger partial charge >= 0.3 is 5.97 Å². The van der Waals surface area contributed by atoms with E-state index in [0.717, 1.165) is 11.4 Å². The van der Waals surface area contributed by atoms with Crippen molar-refractivity contribution in [3.05, 3.63) is 42.7 Å². The zero-order valence-corrected chi connectivity index (χ0v) is 12.6. The van der Waals surface area contributed by atoms with E-state index in [9.17, 15) is 9.90 Å². The molecule has 0 saturated carbocycles. The number of nitrogens with zero attached hydrogens (tertiary/aromatic N) is 2. The van der Waals surface area contributed by atoms with Crippen molar-refractivity contribution in [1.82, 2.24) is 14.9 Å². The van der Waals surface area contributed by atoms with E-state index in [4.69, 9.17) is 0 Å². The van der Waals surface area contributed by atoms with Gasteiger partial charge < -0.3 is 15.0 Å². The average Bonchev–Trinajstić information content (AvgIpc) is 2.97. The summed E-state index contributed by atoms with van der Waals surface area (Å²) in [4.78, 5) is 15.8. The molecule has 1 aromatic heterocycles. The smallest absolute Gasteiger partial charge is 0.323 e. The van der Waals surface area contributed by atoms with E-state index < -0.39 is 11.5 Å². The molecule has 2 atom stereocenters. The molecule has 2 N–H and O–H groups in total. The summed E-state index contributed by atoms with van der Waals surface area (Å²) in [7, 11) is 1.67. The van der Waals surface area contributed by atoms with E-state index >= 15 is 0 Å². The topological polar surface area (TPSA) is 67.2 Å². The molecule has 1 aromatic carbocycles. The number of rotatable bonds is 6. The molecular formula is C16H21N3O2. The fourth-order valence-electron chi connectivity index (χ4n) is 2.47. The van der Waals surface area contributed by atoms with Gasteiger partial charge in [-0.1, -0.05) is 30.3 Å². The molecular weight excluding hydrogens is 266 g/mol. The summed E-state index contributed by atoms with van der Waals surface area (Å²) in [5.41, 5.74) is 0.0633. The van der Waals surface area contributed by atoms with E-state index in [-0.39, 0.29) is 6.04 Å². The first kappa shape index (κ1) is 15.3. The number of benzene rings is 1. The second-order valence-electron chi connectivity index (χ2n) is 5.46. The number of likely N-dealkylation sites (N-methyl/N-ethyl adjacent to an activating group) is 1. The first-order valence-electron chi connectivity index (χ1n) is 6.98. The normalized spacial score (nSPS) is 15.4. The molecule has 2 rings (SSSR count). The van der Waals surface area contributed by atoms with Gasteiger partial charge in [-0.2, -0.15) is 0 Å². The van der Waals surface area contributed by atoms with Crippen LogP contribution in [0.25, 0.3) is 11.4 Å². The molecule has 0 aliphatic heterocycles. The number of aliphatic carboxylic acids is 1. The highest BCUT2D eigenvalue weighted by molar-refractivity contribution is 5.78. The van der Waals surface area contributed by atoms with Crippen molar-refractivity contribution in [2.24, 2.45) is 0 Å². The second kappa shape index (κ2) is 6.10. The van der Waals surface area contributed by atoms with Crippen LogP contribution >= 0.6 is 0 Å². The third kappa shape index (κ3) is 3.13. The summed E-state index contributed by atoms with van der Waals surface area (Å²) in [6, 6.07) is 9.90. The van der Waals surface area contributed by atoms with Crippen LogP contribution in [0, 0.1) is 0 Å². The van der Waals surface area contributed by atoms with Gasteiger partial charge in [-0.3, -0.25) is 4.79 Å². The maximum Gasteiger partial charge on any atom is 0.323 e. The van der Waals surface area contributed by atoms with Gasteiger partial charge in [-0.25, -0.2) is 4.98 Å². The minimum absolute atomic E-state index is 0.0104. The van der Waals surface area contributed by atoms with Crippen LogP contribution in [0.1, 0.15) is 26.3 Å². The molecule has 0 fully saturated rings. The fourth-order valence-corrected chi connectivity index (χ4v) is 2.47. The second-order valence-corrected chi connectivity index (χ2v) is 5.46. The minimum Gasteiger partial charge on any atom is -0.480 e. The van der Waals surface area contributed by atoms with Crippen molar-refractivity contribution in [3.63, 3.8) is 0 Å². The van der Waals surface area contributed by atoms with E-state index in [0.29, 0.717) is 6.42 Å². The maximum atomic E-state index is 11.4. The third-order valence-electron chi connectivity index (χ3n) is 3.90. The fraction of sp³-hybridized carbons (Fsp3) is 0.375. The Morgan fingerprint density at radius 2 is 2.10 bits per heavy atom. The summed E-state index contributed by atoms with van der Waals surface area (Å²) >= 11 is 0. The summed E-state index contributed by atoms with van der Waals surface area (Å²) in [6.07, 6.45) is 4.11. The highest BCUT2D eigenvalue weighted by atomic mass is 16.4. The number of carboxylic acid groups (broad SMARTS) is 1. The average molecular weight is 287 g/mol. The number of hydrogen-bond acceptors (Lipinski definition) is 3. The Morgan fingerprint density at radius 1 is 1.43 bits per heavy atom. The van der Waals surface area contributed by atoms with Crippen molar-refractivity contribution >= 4 is 5.97 Å². The van der Waals surface area contributed by atoms with Crippen LogP contribution in [0.3, 0.4) is 0 Å². The van der Waals surface area contributed by atoms with E-state index in [1.54, 1.807) is 20.2 Å². The van der Waals surface area contributed by atoms with Gasteiger partial charge in [0.15, 0.2) is 0 Å². The van der Waals surface area contributed by atoms with Gasteiger partial charge in [0.25, 0.3) is 0 Å². The van der Waals surface area contributed by atoms with Crippen LogP contribution in [-0.2, 0) is 4.79 Å². The minimum atomic E-state index is -0.961. The van der Waals surface area contributed by atoms with E-state index in [2.05, 4.69) is 10.3 Å². The van der Waals surface area contributed by atoms with Crippen LogP contribution in [0.4, 0.5) is 0 Å². The molecule has 2 aromatic rings. The predicted molar refractivity (Wildman–Crippen MR) is 82.1 cm³/mol. The number of carboxylic acids is 1. The molecule has 1 heterocycles. The number of hydrogen-bond donors (Lipinski definition) is 2. The monoisotopic (exact) mass is 287 g/mol. The highest BCUT2D eigenvalue weighted by Crippen LogP contribution is 2.26. The summed E-state index contributed by atoms with van der Waals surface area (Å²) in [5.74, 6) is 0.00479. The van der Waals surface area contributed by atoms with E-state index in [1.807, 2.05) is 48.0 Å². The molecule has 0 radical (unpaired) electrons. The lowest BCUT2D eigenvalue weighted by Crippen LogP contribution is -2.48. The molecule has 112 valence electrons. The van der Waals surface area contributed by atoms with Gasteiger partial charge in [0.1, 0.15) is 11.4 Å². The van der Waals surface area contributed by atoms with Crippen LogP contribution in [0.5, 0.6) is 0 Å². The summed E-state index contributed by atoms with van der Waals surface area (Å²) < 4.78 is 2.02. The van der Waals surface area contributed by atoms with Crippen molar-refractivity contribution in [2.75, 3.05) is 7.05 Å². The summed E-state index contributed by atoms with van der Waals surface area (Å²) in [5, 5.41) is 12.3. The van der Waals surface area contributed by atoms with Crippen molar-refractivity contribution < 1.29 is 9.90 Å². The zero-order valence-electron chi connectivity index (χ0n) is 12.6. The molecule has 0 bridgehead atoms. The molecule has 21 heavy (non-hydrogen) atoms. The van der Waals surface area contributed by atoms with Crippen LogP contribution < -0.4 is 5.32 Å². The van der Waals surface area contributed by atoms with Crippen molar-refractivity contribution in [3.8, 4) is 11.4 Å². The molecule has 5 nitrogen and oxygen atoms in total. The Morgan fingerprint density at radius 3 is 2.67 bits per heavy atom.